The number of thiophene rings is 1. The van der Waals surface area contributed by atoms with E-state index in [-0.39, 0.29) is 24.4 Å². The van der Waals surface area contributed by atoms with Crippen molar-refractivity contribution in [1.82, 2.24) is 15.3 Å². The third-order valence-corrected chi connectivity index (χ3v) is 7.62. The van der Waals surface area contributed by atoms with E-state index in [1.54, 1.807) is 17.7 Å². The van der Waals surface area contributed by atoms with E-state index in [1.807, 2.05) is 19.1 Å². The number of benzene rings is 1. The predicted molar refractivity (Wildman–Crippen MR) is 135 cm³/mol. The molecular weight excluding hydrogens is 448 g/mol. The van der Waals surface area contributed by atoms with E-state index in [0.29, 0.717) is 19.4 Å². The molecule has 1 aliphatic heterocycles. The number of rotatable bonds is 8. The van der Waals surface area contributed by atoms with Crippen LogP contribution < -0.4 is 10.2 Å². The highest BCUT2D eigenvalue weighted by Crippen LogP contribution is 2.35. The smallest absolute Gasteiger partial charge is 0.309 e. The molecule has 0 aliphatic carbocycles. The number of anilines is 1. The summed E-state index contributed by atoms with van der Waals surface area (Å²) in [4.78, 5) is 38.1. The van der Waals surface area contributed by atoms with Gasteiger partial charge in [-0.1, -0.05) is 29.8 Å². The topological polar surface area (TPSA) is 84.4 Å². The summed E-state index contributed by atoms with van der Waals surface area (Å²) in [6.45, 7) is 8.34. The number of aromatic nitrogens is 2. The molecule has 0 radical (unpaired) electrons. The van der Waals surface area contributed by atoms with Gasteiger partial charge in [0.1, 0.15) is 23.6 Å². The molecule has 0 spiro atoms. The van der Waals surface area contributed by atoms with Crippen molar-refractivity contribution in [3.63, 3.8) is 0 Å². The molecule has 1 aromatic carbocycles. The summed E-state index contributed by atoms with van der Waals surface area (Å²) in [5.41, 5.74) is 3.59. The Morgan fingerprint density at radius 2 is 1.85 bits per heavy atom. The van der Waals surface area contributed by atoms with Crippen LogP contribution >= 0.6 is 11.3 Å². The quantitative estimate of drug-likeness (QED) is 0.386. The van der Waals surface area contributed by atoms with E-state index in [0.717, 1.165) is 47.5 Å². The van der Waals surface area contributed by atoms with Gasteiger partial charge in [-0.25, -0.2) is 9.97 Å². The van der Waals surface area contributed by atoms with Gasteiger partial charge in [0, 0.05) is 24.4 Å². The van der Waals surface area contributed by atoms with Gasteiger partial charge >= 0.3 is 5.97 Å². The summed E-state index contributed by atoms with van der Waals surface area (Å²) in [6.07, 6.45) is 4.22. The molecule has 0 saturated carbocycles. The summed E-state index contributed by atoms with van der Waals surface area (Å²) < 4.78 is 5.45. The molecule has 7 nitrogen and oxygen atoms in total. The van der Waals surface area contributed by atoms with Crippen molar-refractivity contribution in [1.29, 1.82) is 0 Å². The van der Waals surface area contributed by atoms with Crippen molar-refractivity contribution >= 4 is 39.2 Å². The zero-order valence-electron chi connectivity index (χ0n) is 20.1. The van der Waals surface area contributed by atoms with E-state index in [1.165, 1.54) is 16.0 Å². The monoisotopic (exact) mass is 480 g/mol. The number of hydrogen-bond acceptors (Lipinski definition) is 7. The molecule has 1 aliphatic rings. The molecule has 1 N–H and O–H groups in total. The van der Waals surface area contributed by atoms with Crippen molar-refractivity contribution in [3.8, 4) is 0 Å². The highest BCUT2D eigenvalue weighted by molar-refractivity contribution is 7.18. The fourth-order valence-corrected chi connectivity index (χ4v) is 5.28. The molecule has 0 atom stereocenters. The maximum Gasteiger partial charge on any atom is 0.309 e. The first-order chi connectivity index (χ1) is 16.4. The van der Waals surface area contributed by atoms with E-state index in [9.17, 15) is 9.59 Å². The van der Waals surface area contributed by atoms with Gasteiger partial charge in [0.2, 0.25) is 5.91 Å². The molecule has 2 aromatic heterocycles. The predicted octanol–water partition coefficient (Wildman–Crippen LogP) is 4.13. The zero-order valence-corrected chi connectivity index (χ0v) is 20.9. The van der Waals surface area contributed by atoms with Gasteiger partial charge in [-0.05, 0) is 51.2 Å². The highest BCUT2D eigenvalue weighted by Gasteiger charge is 2.28. The zero-order chi connectivity index (χ0) is 24.1. The Balaban J connectivity index is 1.17. The number of fused-ring (bicyclic) bond motifs is 1. The molecule has 3 heterocycles. The molecule has 1 fully saturated rings. The molecular formula is C26H32N4O3S. The second-order valence-electron chi connectivity index (χ2n) is 8.93. The number of ether oxygens (including phenoxy) is 1. The molecule has 1 saturated heterocycles. The Kier molecular flexibility index (Phi) is 7.77. The number of nitrogens with zero attached hydrogens (tertiary/aromatic N) is 3. The molecule has 1 amide bonds. The SMILES string of the molecule is Cc1ccc(CCC(=O)NCCOC(=O)C2CCN(c3ncnc4sc(C)c(C)c34)CC2)cc1. The molecule has 34 heavy (non-hydrogen) atoms. The van der Waals surface area contributed by atoms with Crippen molar-refractivity contribution < 1.29 is 14.3 Å². The fraction of sp³-hybridized carbons (Fsp3) is 0.462. The van der Waals surface area contributed by atoms with E-state index >= 15 is 0 Å². The average Bonchev–Trinajstić information content (AvgIpc) is 3.15. The number of carbonyl (C=O) groups is 2. The molecule has 0 unspecified atom stereocenters. The lowest BCUT2D eigenvalue weighted by Crippen LogP contribution is -2.38. The second kappa shape index (κ2) is 11.0. The van der Waals surface area contributed by atoms with E-state index in [4.69, 9.17) is 4.74 Å². The van der Waals surface area contributed by atoms with Crippen molar-refractivity contribution in [3.05, 3.63) is 52.2 Å². The summed E-state index contributed by atoms with van der Waals surface area (Å²) >= 11 is 1.70. The molecule has 0 bridgehead atoms. The third-order valence-electron chi connectivity index (χ3n) is 6.50. The second-order valence-corrected chi connectivity index (χ2v) is 10.1. The Hall–Kier alpha value is -3.00. The van der Waals surface area contributed by atoms with Crippen molar-refractivity contribution in [2.75, 3.05) is 31.1 Å². The van der Waals surface area contributed by atoms with Gasteiger partial charge < -0.3 is 15.0 Å². The maximum absolute atomic E-state index is 12.5. The van der Waals surface area contributed by atoms with Gasteiger partial charge in [0.25, 0.3) is 0 Å². The largest absolute Gasteiger partial charge is 0.464 e. The van der Waals surface area contributed by atoms with Crippen LogP contribution in [0.4, 0.5) is 5.82 Å². The van der Waals surface area contributed by atoms with Gasteiger partial charge in [-0.15, -0.1) is 11.3 Å². The average molecular weight is 481 g/mol. The van der Waals surface area contributed by atoms with Crippen LogP contribution in [0.15, 0.2) is 30.6 Å². The lowest BCUT2D eigenvalue weighted by Gasteiger charge is -2.32. The summed E-state index contributed by atoms with van der Waals surface area (Å²) in [6, 6.07) is 8.20. The molecule has 8 heteroatoms. The van der Waals surface area contributed by atoms with Crippen LogP contribution in [0.3, 0.4) is 0 Å². The Labute approximate surface area is 204 Å². The number of piperidine rings is 1. The Morgan fingerprint density at radius 3 is 2.59 bits per heavy atom. The minimum absolute atomic E-state index is 0.0277. The number of nitrogens with one attached hydrogen (secondary N) is 1. The summed E-state index contributed by atoms with van der Waals surface area (Å²) in [7, 11) is 0. The van der Waals surface area contributed by atoms with Gasteiger partial charge in [-0.2, -0.15) is 0 Å². The molecule has 3 aromatic rings. The first kappa shape index (κ1) is 24.1. The Bertz CT molecular complexity index is 1150. The van der Waals surface area contributed by atoms with Gasteiger partial charge in [-0.3, -0.25) is 9.59 Å². The lowest BCUT2D eigenvalue weighted by atomic mass is 9.97. The first-order valence-electron chi connectivity index (χ1n) is 11.9. The van der Waals surface area contributed by atoms with Crippen LogP contribution in [0.25, 0.3) is 10.2 Å². The van der Waals surface area contributed by atoms with Crippen LogP contribution in [-0.4, -0.2) is 48.1 Å². The minimum Gasteiger partial charge on any atom is -0.464 e. The molecule has 4 rings (SSSR count). The Morgan fingerprint density at radius 1 is 1.12 bits per heavy atom. The van der Waals surface area contributed by atoms with E-state index in [2.05, 4.69) is 46.2 Å². The standard InChI is InChI=1S/C26H32N4O3S/c1-17-4-6-20(7-5-17)8-9-22(31)27-12-15-33-26(32)21-10-13-30(14-11-21)24-23-18(2)19(3)34-25(23)29-16-28-24/h4-7,16,21H,8-15H2,1-3H3,(H,27,31). The fourth-order valence-electron chi connectivity index (χ4n) is 4.29. The van der Waals surface area contributed by atoms with Crippen LogP contribution in [-0.2, 0) is 20.7 Å². The lowest BCUT2D eigenvalue weighted by molar-refractivity contribution is -0.149. The number of hydrogen-bond donors (Lipinski definition) is 1. The molecule has 180 valence electrons. The summed E-state index contributed by atoms with van der Waals surface area (Å²) in [5, 5.41) is 3.97. The number of aryl methyl sites for hydroxylation is 4. The van der Waals surface area contributed by atoms with Gasteiger partial charge in [0.05, 0.1) is 17.8 Å². The van der Waals surface area contributed by atoms with Crippen molar-refractivity contribution in [2.45, 2.75) is 46.5 Å². The normalized spacial score (nSPS) is 14.4. The van der Waals surface area contributed by atoms with Crippen LogP contribution in [0.2, 0.25) is 0 Å². The maximum atomic E-state index is 12.5. The van der Waals surface area contributed by atoms with Crippen LogP contribution in [0.1, 0.15) is 40.8 Å². The van der Waals surface area contributed by atoms with Crippen LogP contribution in [0, 0.1) is 26.7 Å². The number of esters is 1. The first-order valence-corrected chi connectivity index (χ1v) is 12.7. The van der Waals surface area contributed by atoms with Crippen molar-refractivity contribution in [2.24, 2.45) is 5.92 Å². The highest BCUT2D eigenvalue weighted by atomic mass is 32.1. The summed E-state index contributed by atoms with van der Waals surface area (Å²) in [5.74, 6) is 0.646. The van der Waals surface area contributed by atoms with E-state index < -0.39 is 0 Å². The third kappa shape index (κ3) is 5.73. The minimum atomic E-state index is -0.177. The van der Waals surface area contributed by atoms with Crippen LogP contribution in [0.5, 0.6) is 0 Å². The van der Waals surface area contributed by atoms with Gasteiger partial charge in [0.15, 0.2) is 0 Å². The number of amides is 1. The number of carbonyl (C=O) groups excluding carboxylic acids is 2.